The van der Waals surface area contributed by atoms with Crippen molar-refractivity contribution in [1.29, 1.82) is 0 Å². The Labute approximate surface area is 161 Å². The maximum atomic E-state index is 12.7. The van der Waals surface area contributed by atoms with Crippen LogP contribution in [0.3, 0.4) is 0 Å². The first-order valence-electron chi connectivity index (χ1n) is 8.57. The van der Waals surface area contributed by atoms with Crippen LogP contribution in [-0.4, -0.2) is 36.7 Å². The molecule has 0 bridgehead atoms. The Bertz CT molecular complexity index is 759. The first-order chi connectivity index (χ1) is 12.2. The number of carbonyl (C=O) groups excluding carboxylic acids is 2. The number of ether oxygens (including phenoxy) is 1. The summed E-state index contributed by atoms with van der Waals surface area (Å²) in [5, 5.41) is 9.34. The molecule has 2 unspecified atom stereocenters. The number of nitrogens with one attached hydrogen (secondary N) is 3. The fourth-order valence-electron chi connectivity index (χ4n) is 3.41. The van der Waals surface area contributed by atoms with Gasteiger partial charge in [-0.3, -0.25) is 10.1 Å². The standard InChI is InChI=1S/C18H23BrN4O3/c1-17(2,3)26-16(25)22-15-21-14(24)13-7-8-20-10-18(13,23-15)11-5-4-6-12(19)9-11/h4-6,9,13,20H,7-8,10H2,1-3H3,(H2,21,22,23,24,25). The van der Waals surface area contributed by atoms with Crippen LogP contribution in [0.25, 0.3) is 0 Å². The van der Waals surface area contributed by atoms with Gasteiger partial charge in [0, 0.05) is 11.0 Å². The molecule has 2 heterocycles. The van der Waals surface area contributed by atoms with Crippen LogP contribution < -0.4 is 16.0 Å². The Morgan fingerprint density at radius 3 is 2.85 bits per heavy atom. The maximum absolute atomic E-state index is 12.7. The van der Waals surface area contributed by atoms with Crippen molar-refractivity contribution in [3.8, 4) is 0 Å². The number of halogens is 1. The molecule has 7 nitrogen and oxygen atoms in total. The Morgan fingerprint density at radius 1 is 1.38 bits per heavy atom. The van der Waals surface area contributed by atoms with Crippen molar-refractivity contribution in [2.24, 2.45) is 10.9 Å². The molecule has 2 aliphatic rings. The SMILES string of the molecule is CC(C)(C)OC(=O)/N=C1\NC(=O)C2CCNCC2(c2cccc(Br)c2)N1. The second-order valence-corrected chi connectivity index (χ2v) is 8.47. The molecule has 2 fully saturated rings. The van der Waals surface area contributed by atoms with Crippen LogP contribution in [0, 0.1) is 5.92 Å². The number of guanidine groups is 1. The molecule has 0 saturated carbocycles. The maximum Gasteiger partial charge on any atom is 0.437 e. The predicted octanol–water partition coefficient (Wildman–Crippen LogP) is 2.26. The monoisotopic (exact) mass is 422 g/mol. The number of rotatable bonds is 1. The molecule has 26 heavy (non-hydrogen) atoms. The highest BCUT2D eigenvalue weighted by atomic mass is 79.9. The molecule has 0 aliphatic carbocycles. The summed E-state index contributed by atoms with van der Waals surface area (Å²) in [5.41, 5.74) is -0.377. The smallest absolute Gasteiger partial charge is 0.437 e. The lowest BCUT2D eigenvalue weighted by Crippen LogP contribution is -2.70. The van der Waals surface area contributed by atoms with Gasteiger partial charge < -0.3 is 15.4 Å². The quantitative estimate of drug-likeness (QED) is 0.645. The Kier molecular flexibility index (Phi) is 5.07. The number of fused-ring (bicyclic) bond motifs is 1. The van der Waals surface area contributed by atoms with Gasteiger partial charge in [0.2, 0.25) is 11.9 Å². The average Bonchev–Trinajstić information content (AvgIpc) is 2.53. The zero-order chi connectivity index (χ0) is 18.9. The van der Waals surface area contributed by atoms with Crippen LogP contribution in [0.2, 0.25) is 0 Å². The number of amides is 2. The first-order valence-corrected chi connectivity index (χ1v) is 9.36. The van der Waals surface area contributed by atoms with Crippen molar-refractivity contribution < 1.29 is 14.3 Å². The molecule has 1 aromatic carbocycles. The van der Waals surface area contributed by atoms with E-state index in [1.54, 1.807) is 20.8 Å². The fraction of sp³-hybridized carbons (Fsp3) is 0.500. The summed E-state index contributed by atoms with van der Waals surface area (Å²) < 4.78 is 6.15. The number of nitrogens with zero attached hydrogens (tertiary/aromatic N) is 1. The van der Waals surface area contributed by atoms with Crippen LogP contribution in [0.1, 0.15) is 32.8 Å². The summed E-state index contributed by atoms with van der Waals surface area (Å²) in [6, 6.07) is 7.82. The minimum Gasteiger partial charge on any atom is -0.442 e. The molecule has 3 N–H and O–H groups in total. The van der Waals surface area contributed by atoms with E-state index in [2.05, 4.69) is 36.9 Å². The number of carbonyl (C=O) groups is 2. The van der Waals surface area contributed by atoms with Crippen molar-refractivity contribution >= 4 is 33.9 Å². The summed E-state index contributed by atoms with van der Waals surface area (Å²) in [7, 11) is 0. The van der Waals surface area contributed by atoms with Gasteiger partial charge in [-0.25, -0.2) is 4.79 Å². The van der Waals surface area contributed by atoms with E-state index in [-0.39, 0.29) is 17.8 Å². The number of hydrogen-bond acceptors (Lipinski definition) is 4. The number of aliphatic imine (C=N–C) groups is 1. The third kappa shape index (κ3) is 3.91. The zero-order valence-corrected chi connectivity index (χ0v) is 16.6. The van der Waals surface area contributed by atoms with Crippen LogP contribution in [0.4, 0.5) is 4.79 Å². The molecule has 2 atom stereocenters. The van der Waals surface area contributed by atoms with Crippen molar-refractivity contribution in [3.05, 3.63) is 34.3 Å². The molecule has 8 heteroatoms. The summed E-state index contributed by atoms with van der Waals surface area (Å²) >= 11 is 3.49. The fourth-order valence-corrected chi connectivity index (χ4v) is 3.81. The molecule has 2 aliphatic heterocycles. The molecule has 0 spiro atoms. The van der Waals surface area contributed by atoms with Crippen molar-refractivity contribution in [3.63, 3.8) is 0 Å². The van der Waals surface area contributed by atoms with Crippen LogP contribution >= 0.6 is 15.9 Å². The van der Waals surface area contributed by atoms with E-state index >= 15 is 0 Å². The molecule has 1 aromatic rings. The highest BCUT2D eigenvalue weighted by Crippen LogP contribution is 2.37. The number of piperidine rings is 1. The average molecular weight is 423 g/mol. The third-order valence-corrected chi connectivity index (χ3v) is 4.94. The number of hydrogen-bond donors (Lipinski definition) is 3. The molecular weight excluding hydrogens is 400 g/mol. The van der Waals surface area contributed by atoms with Gasteiger partial charge in [0.1, 0.15) is 5.60 Å². The van der Waals surface area contributed by atoms with E-state index in [0.717, 1.165) is 16.6 Å². The molecular formula is C18H23BrN4O3. The molecule has 2 amide bonds. The van der Waals surface area contributed by atoms with Crippen molar-refractivity contribution in [1.82, 2.24) is 16.0 Å². The van der Waals surface area contributed by atoms with Gasteiger partial charge in [-0.1, -0.05) is 28.1 Å². The highest BCUT2D eigenvalue weighted by molar-refractivity contribution is 9.10. The predicted molar refractivity (Wildman–Crippen MR) is 102 cm³/mol. The largest absolute Gasteiger partial charge is 0.442 e. The van der Waals surface area contributed by atoms with Gasteiger partial charge in [-0.15, -0.1) is 4.99 Å². The second kappa shape index (κ2) is 7.00. The van der Waals surface area contributed by atoms with E-state index in [9.17, 15) is 9.59 Å². The van der Waals surface area contributed by atoms with E-state index in [1.807, 2.05) is 24.3 Å². The topological polar surface area (TPSA) is 91.8 Å². The summed E-state index contributed by atoms with van der Waals surface area (Å²) in [5.74, 6) is -0.299. The minimum atomic E-state index is -0.744. The molecule has 140 valence electrons. The normalized spacial score (nSPS) is 27.3. The van der Waals surface area contributed by atoms with Crippen molar-refractivity contribution in [2.75, 3.05) is 13.1 Å². The highest BCUT2D eigenvalue weighted by Gasteiger charge is 2.50. The Hall–Kier alpha value is -1.93. The molecule has 0 radical (unpaired) electrons. The van der Waals surface area contributed by atoms with Gasteiger partial charge in [0.25, 0.3) is 0 Å². The lowest BCUT2D eigenvalue weighted by molar-refractivity contribution is -0.128. The van der Waals surface area contributed by atoms with Gasteiger partial charge in [-0.2, -0.15) is 0 Å². The van der Waals surface area contributed by atoms with E-state index in [1.165, 1.54) is 0 Å². The van der Waals surface area contributed by atoms with E-state index in [4.69, 9.17) is 4.74 Å². The first kappa shape index (κ1) is 18.8. The van der Waals surface area contributed by atoms with Crippen molar-refractivity contribution in [2.45, 2.75) is 38.3 Å². The zero-order valence-electron chi connectivity index (χ0n) is 15.1. The van der Waals surface area contributed by atoms with Gasteiger partial charge in [0.05, 0.1) is 11.5 Å². The van der Waals surface area contributed by atoms with E-state index in [0.29, 0.717) is 13.0 Å². The lowest BCUT2D eigenvalue weighted by atomic mass is 9.72. The van der Waals surface area contributed by atoms with Gasteiger partial charge in [0.15, 0.2) is 0 Å². The van der Waals surface area contributed by atoms with Crippen LogP contribution in [-0.2, 0) is 15.1 Å². The summed E-state index contributed by atoms with van der Waals surface area (Å²) in [6.07, 6.45) is -0.0580. The summed E-state index contributed by atoms with van der Waals surface area (Å²) in [6.45, 7) is 6.61. The van der Waals surface area contributed by atoms with Crippen LogP contribution in [0.15, 0.2) is 33.7 Å². The second-order valence-electron chi connectivity index (χ2n) is 7.55. The van der Waals surface area contributed by atoms with Gasteiger partial charge >= 0.3 is 6.09 Å². The molecule has 2 saturated heterocycles. The molecule has 3 rings (SSSR count). The molecule has 0 aromatic heterocycles. The van der Waals surface area contributed by atoms with Crippen LogP contribution in [0.5, 0.6) is 0 Å². The third-order valence-electron chi connectivity index (χ3n) is 4.44. The lowest BCUT2D eigenvalue weighted by Gasteiger charge is -2.48. The summed E-state index contributed by atoms with van der Waals surface area (Å²) in [4.78, 5) is 28.7. The number of benzene rings is 1. The Morgan fingerprint density at radius 2 is 2.15 bits per heavy atom. The minimum absolute atomic E-state index is 0.115. The van der Waals surface area contributed by atoms with Gasteiger partial charge in [-0.05, 0) is 51.4 Å². The Balaban J connectivity index is 1.96. The van der Waals surface area contributed by atoms with E-state index < -0.39 is 17.2 Å².